The van der Waals surface area contributed by atoms with Crippen LogP contribution in [0.3, 0.4) is 0 Å². The van der Waals surface area contributed by atoms with E-state index in [9.17, 15) is 4.79 Å². The quantitative estimate of drug-likeness (QED) is 0.420. The minimum Gasteiger partial charge on any atom is -0.496 e. The molecule has 2 aromatic heterocycles. The Labute approximate surface area is 192 Å². The number of hydrogen-bond acceptors (Lipinski definition) is 7. The van der Waals surface area contributed by atoms with Crippen molar-refractivity contribution in [2.75, 3.05) is 12.4 Å². The molecule has 0 aliphatic rings. The van der Waals surface area contributed by atoms with Crippen LogP contribution in [0.5, 0.6) is 5.75 Å². The van der Waals surface area contributed by atoms with E-state index in [2.05, 4.69) is 25.9 Å². The summed E-state index contributed by atoms with van der Waals surface area (Å²) in [5.74, 6) is 0.794. The van der Waals surface area contributed by atoms with Crippen molar-refractivity contribution in [3.63, 3.8) is 0 Å². The van der Waals surface area contributed by atoms with Crippen LogP contribution in [0.4, 0.5) is 5.69 Å². The summed E-state index contributed by atoms with van der Waals surface area (Å²) in [5.41, 5.74) is 1.90. The van der Waals surface area contributed by atoms with Crippen LogP contribution in [-0.4, -0.2) is 37.9 Å². The topological polar surface area (TPSA) is 93.4 Å². The van der Waals surface area contributed by atoms with Gasteiger partial charge < -0.3 is 10.1 Å². The molecule has 31 heavy (non-hydrogen) atoms. The van der Waals surface area contributed by atoms with Crippen molar-refractivity contribution in [3.8, 4) is 16.3 Å². The van der Waals surface area contributed by atoms with Gasteiger partial charge in [0.15, 0.2) is 10.9 Å². The summed E-state index contributed by atoms with van der Waals surface area (Å²) in [6.45, 7) is 2.01. The van der Waals surface area contributed by atoms with E-state index in [-0.39, 0.29) is 5.11 Å². The number of fused-ring (bicyclic) bond motifs is 1. The molecule has 8 nitrogen and oxygen atoms in total. The summed E-state index contributed by atoms with van der Waals surface area (Å²) >= 11 is 12.8. The highest BCUT2D eigenvalue weighted by atomic mass is 35.5. The first-order chi connectivity index (χ1) is 15.0. The lowest BCUT2D eigenvalue weighted by Gasteiger charge is -2.12. The fourth-order valence-corrected chi connectivity index (χ4v) is 4.15. The molecule has 0 saturated carbocycles. The molecule has 4 aromatic rings. The number of ether oxygens (including phenoxy) is 1. The summed E-state index contributed by atoms with van der Waals surface area (Å²) in [6, 6.07) is 12.4. The molecule has 0 bridgehead atoms. The van der Waals surface area contributed by atoms with E-state index in [0.717, 1.165) is 27.8 Å². The van der Waals surface area contributed by atoms with Crippen LogP contribution < -0.4 is 15.4 Å². The molecular formula is C20H17ClN6O2S2. The van der Waals surface area contributed by atoms with Gasteiger partial charge in [0.2, 0.25) is 4.96 Å². The normalized spacial score (nSPS) is 10.8. The molecule has 0 aliphatic heterocycles. The Morgan fingerprint density at radius 3 is 2.87 bits per heavy atom. The maximum Gasteiger partial charge on any atom is 0.261 e. The van der Waals surface area contributed by atoms with E-state index in [0.29, 0.717) is 22.0 Å². The van der Waals surface area contributed by atoms with Gasteiger partial charge in [0, 0.05) is 22.7 Å². The van der Waals surface area contributed by atoms with Gasteiger partial charge in [-0.05, 0) is 42.5 Å². The number of carbonyl (C=O) groups excluding carboxylic acids is 1. The first-order valence-corrected chi connectivity index (χ1v) is 10.9. The van der Waals surface area contributed by atoms with Crippen LogP contribution in [0, 0.1) is 0 Å². The van der Waals surface area contributed by atoms with E-state index >= 15 is 0 Å². The predicted molar refractivity (Wildman–Crippen MR) is 125 cm³/mol. The van der Waals surface area contributed by atoms with Crippen molar-refractivity contribution in [3.05, 3.63) is 58.9 Å². The summed E-state index contributed by atoms with van der Waals surface area (Å²) in [4.78, 5) is 13.3. The molecular weight excluding hydrogens is 456 g/mol. The van der Waals surface area contributed by atoms with Crippen molar-refractivity contribution < 1.29 is 9.53 Å². The molecule has 2 heterocycles. The van der Waals surface area contributed by atoms with Crippen LogP contribution in [0.1, 0.15) is 23.1 Å². The third-order valence-corrected chi connectivity index (χ3v) is 5.76. The molecule has 1 amide bonds. The summed E-state index contributed by atoms with van der Waals surface area (Å²) in [6.07, 6.45) is 0.747. The summed E-state index contributed by atoms with van der Waals surface area (Å²) in [5, 5.41) is 19.9. The molecule has 0 aliphatic carbocycles. The summed E-state index contributed by atoms with van der Waals surface area (Å²) in [7, 11) is 1.48. The van der Waals surface area contributed by atoms with E-state index in [4.69, 9.17) is 28.6 Å². The number of thiocarbonyl (C=S) groups is 1. The second-order valence-electron chi connectivity index (χ2n) is 6.41. The number of halogens is 1. The molecule has 11 heteroatoms. The highest BCUT2D eigenvalue weighted by Gasteiger charge is 2.15. The highest BCUT2D eigenvalue weighted by Crippen LogP contribution is 2.27. The predicted octanol–water partition coefficient (Wildman–Crippen LogP) is 4.20. The third kappa shape index (κ3) is 4.50. The number of benzene rings is 2. The van der Waals surface area contributed by atoms with Crippen LogP contribution in [0.25, 0.3) is 15.5 Å². The number of carbonyl (C=O) groups is 1. The number of anilines is 1. The zero-order valence-corrected chi connectivity index (χ0v) is 18.9. The first kappa shape index (κ1) is 21.2. The lowest BCUT2D eigenvalue weighted by atomic mass is 10.2. The second-order valence-corrected chi connectivity index (χ2v) is 8.21. The average Bonchev–Trinajstić information content (AvgIpc) is 3.34. The third-order valence-electron chi connectivity index (χ3n) is 4.37. The standard InChI is InChI=1S/C20H17ClN6O2S2/c1-3-16-24-25-20-27(16)26-18(31-20)11-5-4-6-13(9-11)22-19(30)23-17(28)14-10-12(21)7-8-15(14)29-2/h4-10H,3H2,1-2H3,(H2,22,23,28,30). The van der Waals surface area contributed by atoms with Crippen LogP contribution in [0.15, 0.2) is 42.5 Å². The zero-order chi connectivity index (χ0) is 22.0. The largest absolute Gasteiger partial charge is 0.496 e. The molecule has 0 radical (unpaired) electrons. The van der Waals surface area contributed by atoms with Gasteiger partial charge in [0.1, 0.15) is 10.8 Å². The number of aryl methyl sites for hydroxylation is 1. The van der Waals surface area contributed by atoms with Gasteiger partial charge >= 0.3 is 0 Å². The minimum atomic E-state index is -0.422. The van der Waals surface area contributed by atoms with Crippen LogP contribution in [-0.2, 0) is 6.42 Å². The fraction of sp³-hybridized carbons (Fsp3) is 0.150. The molecule has 158 valence electrons. The number of hydrogen-bond donors (Lipinski definition) is 2. The van der Waals surface area contributed by atoms with Crippen LogP contribution >= 0.6 is 35.2 Å². The Kier molecular flexibility index (Phi) is 6.12. The van der Waals surface area contributed by atoms with Gasteiger partial charge in [-0.3, -0.25) is 10.1 Å². The van der Waals surface area contributed by atoms with Gasteiger partial charge in [-0.2, -0.15) is 9.61 Å². The second kappa shape index (κ2) is 8.96. The lowest BCUT2D eigenvalue weighted by molar-refractivity contribution is 0.0975. The zero-order valence-electron chi connectivity index (χ0n) is 16.5. The number of aromatic nitrogens is 4. The Morgan fingerprint density at radius 2 is 2.10 bits per heavy atom. The molecule has 2 aromatic carbocycles. The van der Waals surface area contributed by atoms with Crippen molar-refractivity contribution in [1.29, 1.82) is 0 Å². The number of rotatable bonds is 5. The van der Waals surface area contributed by atoms with E-state index in [1.165, 1.54) is 24.5 Å². The van der Waals surface area contributed by atoms with Gasteiger partial charge in [-0.1, -0.05) is 42.0 Å². The Hall–Kier alpha value is -3.08. The fourth-order valence-electron chi connectivity index (χ4n) is 2.92. The van der Waals surface area contributed by atoms with E-state index in [1.54, 1.807) is 16.6 Å². The van der Waals surface area contributed by atoms with E-state index in [1.807, 2.05) is 31.2 Å². The SMILES string of the molecule is CCc1nnc2sc(-c3cccc(NC(=S)NC(=O)c4cc(Cl)ccc4OC)c3)nn12. The Bertz CT molecular complexity index is 1290. The first-order valence-electron chi connectivity index (χ1n) is 9.26. The number of nitrogens with zero attached hydrogens (tertiary/aromatic N) is 4. The monoisotopic (exact) mass is 472 g/mol. The lowest BCUT2D eigenvalue weighted by Crippen LogP contribution is -2.34. The van der Waals surface area contributed by atoms with Crippen molar-refractivity contribution >= 4 is 56.8 Å². The van der Waals surface area contributed by atoms with Gasteiger partial charge in [-0.25, -0.2) is 0 Å². The van der Waals surface area contributed by atoms with Crippen LogP contribution in [0.2, 0.25) is 5.02 Å². The summed E-state index contributed by atoms with van der Waals surface area (Å²) < 4.78 is 6.97. The smallest absolute Gasteiger partial charge is 0.261 e. The van der Waals surface area contributed by atoms with Crippen molar-refractivity contribution in [2.45, 2.75) is 13.3 Å². The number of methoxy groups -OCH3 is 1. The molecule has 0 spiro atoms. The number of nitrogens with one attached hydrogen (secondary N) is 2. The molecule has 0 fully saturated rings. The van der Waals surface area contributed by atoms with Gasteiger partial charge in [0.25, 0.3) is 5.91 Å². The minimum absolute atomic E-state index is 0.149. The molecule has 2 N–H and O–H groups in total. The van der Waals surface area contributed by atoms with Gasteiger partial charge in [-0.15, -0.1) is 10.2 Å². The Balaban J connectivity index is 1.49. The number of amides is 1. The van der Waals surface area contributed by atoms with E-state index < -0.39 is 5.91 Å². The van der Waals surface area contributed by atoms with Crippen molar-refractivity contribution in [2.24, 2.45) is 0 Å². The van der Waals surface area contributed by atoms with Crippen molar-refractivity contribution in [1.82, 2.24) is 25.1 Å². The van der Waals surface area contributed by atoms with Gasteiger partial charge in [0.05, 0.1) is 12.7 Å². The maximum atomic E-state index is 12.6. The molecule has 0 unspecified atom stereocenters. The highest BCUT2D eigenvalue weighted by molar-refractivity contribution is 7.80. The molecule has 0 atom stereocenters. The Morgan fingerprint density at radius 1 is 1.26 bits per heavy atom. The molecule has 4 rings (SSSR count). The maximum absolute atomic E-state index is 12.6. The average molecular weight is 473 g/mol. The molecule has 0 saturated heterocycles.